The summed E-state index contributed by atoms with van der Waals surface area (Å²) in [6, 6.07) is 20.2. The number of nitrogens with one attached hydrogen (secondary N) is 1. The van der Waals surface area contributed by atoms with E-state index in [0.29, 0.717) is 47.5 Å². The third-order valence-electron chi connectivity index (χ3n) is 4.72. The van der Waals surface area contributed by atoms with Crippen LogP contribution in [0.25, 0.3) is 17.1 Å². The first-order valence-corrected chi connectivity index (χ1v) is 9.68. The molecule has 7 heteroatoms. The van der Waals surface area contributed by atoms with Crippen molar-refractivity contribution in [3.63, 3.8) is 0 Å². The molecule has 4 aromatic rings. The number of para-hydroxylation sites is 1. The van der Waals surface area contributed by atoms with E-state index in [0.717, 1.165) is 12.1 Å². The number of anilines is 1. The smallest absolute Gasteiger partial charge is 0.274 e. The van der Waals surface area contributed by atoms with E-state index in [4.69, 9.17) is 13.9 Å². The number of carbonyl (C=O) groups is 1. The molecule has 30 heavy (non-hydrogen) atoms. The summed E-state index contributed by atoms with van der Waals surface area (Å²) in [4.78, 5) is 13.2. The average Bonchev–Trinajstić information content (AvgIpc) is 3.40. The van der Waals surface area contributed by atoms with Gasteiger partial charge in [-0.1, -0.05) is 18.2 Å². The van der Waals surface area contributed by atoms with Crippen molar-refractivity contribution in [3.05, 3.63) is 78.7 Å². The normalized spacial score (nSPS) is 12.9. The van der Waals surface area contributed by atoms with Crippen molar-refractivity contribution in [2.75, 3.05) is 18.5 Å². The van der Waals surface area contributed by atoms with E-state index in [1.807, 2.05) is 36.4 Å². The number of benzene rings is 2. The molecule has 150 valence electrons. The zero-order chi connectivity index (χ0) is 20.3. The Morgan fingerprint density at radius 2 is 1.77 bits per heavy atom. The number of hydrogen-bond donors (Lipinski definition) is 1. The van der Waals surface area contributed by atoms with Crippen LogP contribution < -0.4 is 14.8 Å². The Kier molecular flexibility index (Phi) is 4.69. The van der Waals surface area contributed by atoms with Gasteiger partial charge in [-0.2, -0.15) is 5.10 Å². The van der Waals surface area contributed by atoms with Crippen molar-refractivity contribution >= 4 is 11.6 Å². The maximum atomic E-state index is 13.2. The van der Waals surface area contributed by atoms with Gasteiger partial charge in [0.15, 0.2) is 17.3 Å². The number of furan rings is 1. The maximum Gasteiger partial charge on any atom is 0.274 e. The summed E-state index contributed by atoms with van der Waals surface area (Å²) >= 11 is 0. The molecule has 5 rings (SSSR count). The van der Waals surface area contributed by atoms with E-state index in [9.17, 15) is 4.79 Å². The van der Waals surface area contributed by atoms with E-state index in [-0.39, 0.29) is 5.91 Å². The zero-order valence-electron chi connectivity index (χ0n) is 16.1. The van der Waals surface area contributed by atoms with Crippen LogP contribution in [-0.2, 0) is 0 Å². The SMILES string of the molecule is O=C(Nc1ccc2c(c1)OCCCO2)c1cc(-c2ccco2)nn1-c1ccccc1. The van der Waals surface area contributed by atoms with Gasteiger partial charge in [-0.3, -0.25) is 4.79 Å². The number of fused-ring (bicyclic) bond motifs is 1. The van der Waals surface area contributed by atoms with E-state index < -0.39 is 0 Å². The minimum absolute atomic E-state index is 0.293. The fourth-order valence-electron chi connectivity index (χ4n) is 3.29. The highest BCUT2D eigenvalue weighted by Gasteiger charge is 2.20. The molecule has 0 saturated carbocycles. The highest BCUT2D eigenvalue weighted by molar-refractivity contribution is 6.04. The van der Waals surface area contributed by atoms with Gasteiger partial charge < -0.3 is 19.2 Å². The number of rotatable bonds is 4. The topological polar surface area (TPSA) is 78.5 Å². The lowest BCUT2D eigenvalue weighted by Crippen LogP contribution is -2.17. The lowest BCUT2D eigenvalue weighted by atomic mass is 10.2. The molecular formula is C23H19N3O4. The predicted molar refractivity (Wildman–Crippen MR) is 111 cm³/mol. The van der Waals surface area contributed by atoms with Gasteiger partial charge in [0.1, 0.15) is 11.4 Å². The van der Waals surface area contributed by atoms with Gasteiger partial charge in [-0.15, -0.1) is 0 Å². The summed E-state index contributed by atoms with van der Waals surface area (Å²) < 4.78 is 18.4. The minimum Gasteiger partial charge on any atom is -0.490 e. The van der Waals surface area contributed by atoms with Crippen molar-refractivity contribution in [3.8, 4) is 28.6 Å². The Morgan fingerprint density at radius 1 is 0.933 bits per heavy atom. The van der Waals surface area contributed by atoms with Crippen molar-refractivity contribution in [2.24, 2.45) is 0 Å². The first-order valence-electron chi connectivity index (χ1n) is 9.68. The fraction of sp³-hybridized carbons (Fsp3) is 0.130. The number of amides is 1. The Balaban J connectivity index is 1.48. The molecule has 0 saturated heterocycles. The Labute approximate surface area is 172 Å². The van der Waals surface area contributed by atoms with Gasteiger partial charge in [-0.25, -0.2) is 4.68 Å². The van der Waals surface area contributed by atoms with Gasteiger partial charge in [0.25, 0.3) is 5.91 Å². The first kappa shape index (κ1) is 18.1. The average molecular weight is 401 g/mol. The zero-order valence-corrected chi connectivity index (χ0v) is 16.1. The van der Waals surface area contributed by atoms with Crippen molar-refractivity contribution in [1.82, 2.24) is 9.78 Å². The molecule has 7 nitrogen and oxygen atoms in total. The predicted octanol–water partition coefficient (Wildman–Crippen LogP) is 4.55. The summed E-state index contributed by atoms with van der Waals surface area (Å²) in [6.45, 7) is 1.20. The van der Waals surface area contributed by atoms with Crippen LogP contribution >= 0.6 is 0 Å². The second kappa shape index (κ2) is 7.79. The van der Waals surface area contributed by atoms with Gasteiger partial charge in [-0.05, 0) is 36.4 Å². The molecule has 2 aromatic carbocycles. The van der Waals surface area contributed by atoms with Crippen molar-refractivity contribution < 1.29 is 18.7 Å². The van der Waals surface area contributed by atoms with Crippen LogP contribution in [0.4, 0.5) is 5.69 Å². The summed E-state index contributed by atoms with van der Waals surface area (Å²) in [6.07, 6.45) is 2.40. The monoisotopic (exact) mass is 401 g/mol. The molecule has 3 heterocycles. The summed E-state index contributed by atoms with van der Waals surface area (Å²) in [5.41, 5.74) is 2.36. The summed E-state index contributed by atoms with van der Waals surface area (Å²) in [5, 5.41) is 7.52. The molecule has 0 radical (unpaired) electrons. The Bertz CT molecular complexity index is 1170. The summed E-state index contributed by atoms with van der Waals surface area (Å²) in [7, 11) is 0. The van der Waals surface area contributed by atoms with E-state index >= 15 is 0 Å². The van der Waals surface area contributed by atoms with Crippen molar-refractivity contribution in [2.45, 2.75) is 6.42 Å². The lowest BCUT2D eigenvalue weighted by molar-refractivity contribution is 0.101. The molecule has 1 N–H and O–H groups in total. The van der Waals surface area contributed by atoms with Crippen LogP contribution in [0, 0.1) is 0 Å². The second-order valence-corrected chi connectivity index (χ2v) is 6.81. The van der Waals surface area contributed by atoms with E-state index in [2.05, 4.69) is 10.4 Å². The number of aromatic nitrogens is 2. The fourth-order valence-corrected chi connectivity index (χ4v) is 3.29. The van der Waals surface area contributed by atoms with Gasteiger partial charge in [0, 0.05) is 24.2 Å². The van der Waals surface area contributed by atoms with Crippen LogP contribution in [0.1, 0.15) is 16.9 Å². The van der Waals surface area contributed by atoms with Crippen LogP contribution in [0.3, 0.4) is 0 Å². The standard InChI is InChI=1S/C23H19N3O4/c27-23(24-16-9-10-21-22(14-16)30-13-5-12-29-21)19-15-18(20-8-4-11-28-20)25-26(19)17-6-2-1-3-7-17/h1-4,6-11,14-15H,5,12-13H2,(H,24,27). The molecule has 2 aromatic heterocycles. The highest BCUT2D eigenvalue weighted by atomic mass is 16.5. The molecule has 1 aliphatic rings. The van der Waals surface area contributed by atoms with Crippen LogP contribution in [0.2, 0.25) is 0 Å². The molecule has 0 atom stereocenters. The van der Waals surface area contributed by atoms with Crippen LogP contribution in [0.5, 0.6) is 11.5 Å². The molecule has 0 fully saturated rings. The Hall–Kier alpha value is -4.00. The van der Waals surface area contributed by atoms with Gasteiger partial charge >= 0.3 is 0 Å². The molecule has 0 bridgehead atoms. The highest BCUT2D eigenvalue weighted by Crippen LogP contribution is 2.32. The molecule has 1 aliphatic heterocycles. The molecule has 0 spiro atoms. The van der Waals surface area contributed by atoms with Crippen molar-refractivity contribution in [1.29, 1.82) is 0 Å². The maximum absolute atomic E-state index is 13.2. The lowest BCUT2D eigenvalue weighted by Gasteiger charge is -2.11. The largest absolute Gasteiger partial charge is 0.490 e. The number of nitrogens with zero attached hydrogens (tertiary/aromatic N) is 2. The number of hydrogen-bond acceptors (Lipinski definition) is 5. The van der Waals surface area contributed by atoms with Crippen LogP contribution in [-0.4, -0.2) is 28.9 Å². The minimum atomic E-state index is -0.293. The number of ether oxygens (including phenoxy) is 2. The molecule has 1 amide bonds. The van der Waals surface area contributed by atoms with E-state index in [1.165, 1.54) is 0 Å². The molecule has 0 unspecified atom stereocenters. The van der Waals surface area contributed by atoms with Gasteiger partial charge in [0.05, 0.1) is 25.2 Å². The van der Waals surface area contributed by atoms with Gasteiger partial charge in [0.2, 0.25) is 0 Å². The quantitative estimate of drug-likeness (QED) is 0.543. The molecular weight excluding hydrogens is 382 g/mol. The summed E-state index contributed by atoms with van der Waals surface area (Å²) in [5.74, 6) is 1.60. The van der Waals surface area contributed by atoms with Crippen LogP contribution in [0.15, 0.2) is 77.4 Å². The first-order chi connectivity index (χ1) is 14.8. The third kappa shape index (κ3) is 3.53. The van der Waals surface area contributed by atoms with E-state index in [1.54, 1.807) is 41.3 Å². The third-order valence-corrected chi connectivity index (χ3v) is 4.72. The molecule has 0 aliphatic carbocycles. The second-order valence-electron chi connectivity index (χ2n) is 6.81. The Morgan fingerprint density at radius 3 is 2.57 bits per heavy atom. The number of carbonyl (C=O) groups excluding carboxylic acids is 1.